The molecular weight excluding hydrogens is 248 g/mol. The number of nitrogens with zero attached hydrogens (tertiary/aromatic N) is 2. The highest BCUT2D eigenvalue weighted by Gasteiger charge is 2.47. The summed E-state index contributed by atoms with van der Waals surface area (Å²) in [4.78, 5) is 25.8. The standard InChI is InChI=1S/C13H22N2O4/c1-12(2,3)19-11(18)14-6-4-13(5-7-14)8-15(9-13)10(16)17/h4-9H2,1-3H3,(H,16,17). The van der Waals surface area contributed by atoms with Crippen LogP contribution in [0, 0.1) is 5.41 Å². The molecule has 1 N–H and O–H groups in total. The minimum atomic E-state index is -0.847. The largest absolute Gasteiger partial charge is 0.465 e. The Balaban J connectivity index is 1.81. The van der Waals surface area contributed by atoms with Gasteiger partial charge in [0.1, 0.15) is 5.60 Å². The lowest BCUT2D eigenvalue weighted by atomic mass is 9.72. The molecule has 6 nitrogen and oxygen atoms in total. The van der Waals surface area contributed by atoms with E-state index in [1.807, 2.05) is 20.8 Å². The second-order valence-electron chi connectivity index (χ2n) is 6.61. The SMILES string of the molecule is CC(C)(C)OC(=O)N1CCC2(CC1)CN(C(=O)O)C2. The Morgan fingerprint density at radius 2 is 1.63 bits per heavy atom. The van der Waals surface area contributed by atoms with E-state index >= 15 is 0 Å². The second-order valence-corrected chi connectivity index (χ2v) is 6.61. The van der Waals surface area contributed by atoms with Crippen molar-refractivity contribution >= 4 is 12.2 Å². The average Bonchev–Trinajstić information content (AvgIpc) is 2.23. The fourth-order valence-electron chi connectivity index (χ4n) is 2.71. The molecule has 2 rings (SSSR count). The Labute approximate surface area is 113 Å². The van der Waals surface area contributed by atoms with E-state index in [1.54, 1.807) is 4.90 Å². The highest BCUT2D eigenvalue weighted by molar-refractivity contribution is 5.68. The van der Waals surface area contributed by atoms with Crippen molar-refractivity contribution in [3.63, 3.8) is 0 Å². The molecule has 2 fully saturated rings. The minimum absolute atomic E-state index is 0.0941. The zero-order valence-electron chi connectivity index (χ0n) is 11.8. The van der Waals surface area contributed by atoms with Crippen LogP contribution in [-0.2, 0) is 4.74 Å². The molecule has 0 saturated carbocycles. The zero-order chi connectivity index (χ0) is 14.3. The third-order valence-corrected chi connectivity index (χ3v) is 3.80. The van der Waals surface area contributed by atoms with E-state index in [-0.39, 0.29) is 11.5 Å². The lowest BCUT2D eigenvalue weighted by Gasteiger charge is -2.52. The van der Waals surface area contributed by atoms with Crippen LogP contribution in [-0.4, -0.2) is 58.9 Å². The van der Waals surface area contributed by atoms with Crippen molar-refractivity contribution in [3.8, 4) is 0 Å². The average molecular weight is 270 g/mol. The molecule has 0 bridgehead atoms. The maximum Gasteiger partial charge on any atom is 0.410 e. The van der Waals surface area contributed by atoms with Gasteiger partial charge in [-0.15, -0.1) is 0 Å². The third-order valence-electron chi connectivity index (χ3n) is 3.80. The van der Waals surface area contributed by atoms with E-state index in [0.717, 1.165) is 12.8 Å². The molecule has 0 aromatic heterocycles. The number of ether oxygens (including phenoxy) is 1. The number of carboxylic acid groups (broad SMARTS) is 1. The molecular formula is C13H22N2O4. The molecule has 0 aliphatic carbocycles. The van der Waals surface area contributed by atoms with Crippen molar-refractivity contribution in [1.29, 1.82) is 0 Å². The summed E-state index contributed by atoms with van der Waals surface area (Å²) in [5.74, 6) is 0. The number of piperidine rings is 1. The van der Waals surface area contributed by atoms with Crippen LogP contribution in [0.1, 0.15) is 33.6 Å². The summed E-state index contributed by atoms with van der Waals surface area (Å²) in [6, 6.07) is 0. The van der Waals surface area contributed by atoms with Crippen molar-refractivity contribution in [2.75, 3.05) is 26.2 Å². The molecule has 0 aromatic carbocycles. The summed E-state index contributed by atoms with van der Waals surface area (Å²) in [7, 11) is 0. The molecule has 108 valence electrons. The van der Waals surface area contributed by atoms with E-state index in [4.69, 9.17) is 9.84 Å². The molecule has 2 aliphatic rings. The predicted molar refractivity (Wildman–Crippen MR) is 69.1 cm³/mol. The summed E-state index contributed by atoms with van der Waals surface area (Å²) < 4.78 is 5.34. The van der Waals surface area contributed by atoms with Crippen molar-refractivity contribution in [2.24, 2.45) is 5.41 Å². The molecule has 19 heavy (non-hydrogen) atoms. The van der Waals surface area contributed by atoms with Gasteiger partial charge in [0.15, 0.2) is 0 Å². The highest BCUT2D eigenvalue weighted by atomic mass is 16.6. The van der Waals surface area contributed by atoms with E-state index < -0.39 is 11.7 Å². The maximum atomic E-state index is 11.9. The summed E-state index contributed by atoms with van der Waals surface area (Å²) in [6.07, 6.45) is 0.600. The Bertz CT molecular complexity index is 373. The van der Waals surface area contributed by atoms with E-state index in [2.05, 4.69) is 0 Å². The molecule has 2 amide bonds. The Morgan fingerprint density at radius 3 is 2.05 bits per heavy atom. The number of amides is 2. The maximum absolute atomic E-state index is 11.9. The van der Waals surface area contributed by atoms with Crippen molar-refractivity contribution in [3.05, 3.63) is 0 Å². The third kappa shape index (κ3) is 3.11. The number of hydrogen-bond acceptors (Lipinski definition) is 3. The zero-order valence-corrected chi connectivity index (χ0v) is 11.8. The molecule has 0 aromatic rings. The summed E-state index contributed by atoms with van der Waals surface area (Å²) >= 11 is 0. The number of carbonyl (C=O) groups excluding carboxylic acids is 1. The number of carbonyl (C=O) groups is 2. The first-order chi connectivity index (χ1) is 8.71. The van der Waals surface area contributed by atoms with E-state index in [9.17, 15) is 9.59 Å². The molecule has 0 radical (unpaired) electrons. The van der Waals surface area contributed by atoms with Crippen LogP contribution < -0.4 is 0 Å². The number of likely N-dealkylation sites (tertiary alicyclic amines) is 2. The van der Waals surface area contributed by atoms with Gasteiger partial charge in [0, 0.05) is 31.6 Å². The van der Waals surface area contributed by atoms with Crippen LogP contribution in [0.25, 0.3) is 0 Å². The van der Waals surface area contributed by atoms with Crippen molar-refractivity contribution in [2.45, 2.75) is 39.2 Å². The van der Waals surface area contributed by atoms with Gasteiger partial charge in [-0.3, -0.25) is 0 Å². The van der Waals surface area contributed by atoms with Gasteiger partial charge in [0.2, 0.25) is 0 Å². The normalized spacial score (nSPS) is 22.1. The topological polar surface area (TPSA) is 70.1 Å². The minimum Gasteiger partial charge on any atom is -0.465 e. The molecule has 2 saturated heterocycles. The summed E-state index contributed by atoms with van der Waals surface area (Å²) in [6.45, 7) is 8.08. The first kappa shape index (κ1) is 14.0. The quantitative estimate of drug-likeness (QED) is 0.731. The van der Waals surface area contributed by atoms with Gasteiger partial charge in [0.25, 0.3) is 0 Å². The molecule has 1 spiro atoms. The molecule has 0 unspecified atom stereocenters. The monoisotopic (exact) mass is 270 g/mol. The molecule has 0 atom stereocenters. The summed E-state index contributed by atoms with van der Waals surface area (Å²) in [5.41, 5.74) is -0.375. The van der Waals surface area contributed by atoms with Gasteiger partial charge in [-0.1, -0.05) is 0 Å². The first-order valence-corrected chi connectivity index (χ1v) is 6.67. The van der Waals surface area contributed by atoms with Crippen LogP contribution in [0.5, 0.6) is 0 Å². The fourth-order valence-corrected chi connectivity index (χ4v) is 2.71. The lowest BCUT2D eigenvalue weighted by Crippen LogP contribution is -2.62. The van der Waals surface area contributed by atoms with E-state index in [0.29, 0.717) is 26.2 Å². The Morgan fingerprint density at radius 1 is 1.11 bits per heavy atom. The molecule has 6 heteroatoms. The smallest absolute Gasteiger partial charge is 0.410 e. The predicted octanol–water partition coefficient (Wildman–Crippen LogP) is 2.00. The van der Waals surface area contributed by atoms with Crippen LogP contribution in [0.2, 0.25) is 0 Å². The van der Waals surface area contributed by atoms with Crippen LogP contribution >= 0.6 is 0 Å². The molecule has 2 heterocycles. The van der Waals surface area contributed by atoms with E-state index in [1.165, 1.54) is 4.90 Å². The van der Waals surface area contributed by atoms with Gasteiger partial charge in [-0.05, 0) is 33.6 Å². The highest BCUT2D eigenvalue weighted by Crippen LogP contribution is 2.40. The second kappa shape index (κ2) is 4.58. The number of hydrogen-bond donors (Lipinski definition) is 1. The van der Waals surface area contributed by atoms with Crippen molar-refractivity contribution in [1.82, 2.24) is 9.80 Å². The Hall–Kier alpha value is -1.46. The summed E-state index contributed by atoms with van der Waals surface area (Å²) in [5, 5.41) is 8.86. The Kier molecular flexibility index (Phi) is 3.36. The first-order valence-electron chi connectivity index (χ1n) is 6.67. The van der Waals surface area contributed by atoms with Crippen LogP contribution in [0.4, 0.5) is 9.59 Å². The van der Waals surface area contributed by atoms with Gasteiger partial charge < -0.3 is 19.6 Å². The molecule has 2 aliphatic heterocycles. The van der Waals surface area contributed by atoms with Crippen molar-refractivity contribution < 1.29 is 19.4 Å². The van der Waals surface area contributed by atoms with Crippen LogP contribution in [0.3, 0.4) is 0 Å². The van der Waals surface area contributed by atoms with Gasteiger partial charge in [-0.25, -0.2) is 9.59 Å². The number of rotatable bonds is 0. The van der Waals surface area contributed by atoms with Gasteiger partial charge in [0.05, 0.1) is 0 Å². The fraction of sp³-hybridized carbons (Fsp3) is 0.846. The van der Waals surface area contributed by atoms with Gasteiger partial charge in [-0.2, -0.15) is 0 Å². The lowest BCUT2D eigenvalue weighted by molar-refractivity contribution is -0.0410. The van der Waals surface area contributed by atoms with Gasteiger partial charge >= 0.3 is 12.2 Å². The van der Waals surface area contributed by atoms with Crippen LogP contribution in [0.15, 0.2) is 0 Å².